The molecule has 1 fully saturated rings. The third kappa shape index (κ3) is 6.88. The van der Waals surface area contributed by atoms with E-state index in [0.29, 0.717) is 18.7 Å². The molecule has 1 aliphatic heterocycles. The van der Waals surface area contributed by atoms with Gasteiger partial charge >= 0.3 is 0 Å². The molecule has 0 radical (unpaired) electrons. The van der Waals surface area contributed by atoms with Crippen molar-refractivity contribution in [3.63, 3.8) is 0 Å². The fourth-order valence-electron chi connectivity index (χ4n) is 4.29. The van der Waals surface area contributed by atoms with Gasteiger partial charge in [-0.3, -0.25) is 9.89 Å². The normalized spacial score (nSPS) is 16.9. The van der Waals surface area contributed by atoms with Crippen molar-refractivity contribution in [3.8, 4) is 5.75 Å². The Morgan fingerprint density at radius 1 is 1.10 bits per heavy atom. The average Bonchev–Trinajstić information content (AvgIpc) is 2.74. The zero-order valence-electron chi connectivity index (χ0n) is 19.8. The molecule has 0 unspecified atom stereocenters. The van der Waals surface area contributed by atoms with Crippen molar-refractivity contribution < 1.29 is 9.47 Å². The molecule has 2 rings (SSSR count). The van der Waals surface area contributed by atoms with Crippen LogP contribution in [-0.4, -0.2) is 69.4 Å². The number of ether oxygens (including phenoxy) is 2. The van der Waals surface area contributed by atoms with Crippen LogP contribution < -0.4 is 15.4 Å². The number of hydrogen-bond donors (Lipinski definition) is 2. The second-order valence-electron chi connectivity index (χ2n) is 8.63. The molecule has 30 heavy (non-hydrogen) atoms. The molecule has 1 aromatic rings. The maximum atomic E-state index is 5.67. The monoisotopic (exact) mass is 418 g/mol. The van der Waals surface area contributed by atoms with E-state index in [9.17, 15) is 0 Å². The second kappa shape index (κ2) is 12.2. The minimum absolute atomic E-state index is 0.0442. The van der Waals surface area contributed by atoms with Gasteiger partial charge in [-0.05, 0) is 65.2 Å². The zero-order valence-corrected chi connectivity index (χ0v) is 19.8. The molecule has 2 N–H and O–H groups in total. The van der Waals surface area contributed by atoms with Crippen molar-refractivity contribution in [1.82, 2.24) is 15.5 Å². The van der Waals surface area contributed by atoms with Crippen LogP contribution in [0.4, 0.5) is 0 Å². The third-order valence-electron chi connectivity index (χ3n) is 6.03. The molecule has 1 saturated heterocycles. The first-order valence-corrected chi connectivity index (χ1v) is 11.4. The average molecular weight is 419 g/mol. The molecule has 0 bridgehead atoms. The van der Waals surface area contributed by atoms with Gasteiger partial charge in [-0.25, -0.2) is 0 Å². The molecule has 1 aromatic carbocycles. The first-order valence-electron chi connectivity index (χ1n) is 11.4. The fourth-order valence-corrected chi connectivity index (χ4v) is 4.29. The number of hydrogen-bond acceptors (Lipinski definition) is 4. The molecule has 1 aliphatic rings. The molecule has 0 atom stereocenters. The van der Waals surface area contributed by atoms with E-state index in [1.54, 1.807) is 0 Å². The summed E-state index contributed by atoms with van der Waals surface area (Å²) in [6, 6.07) is 9.64. The van der Waals surface area contributed by atoms with Gasteiger partial charge in [0, 0.05) is 57.4 Å². The van der Waals surface area contributed by atoms with Gasteiger partial charge in [-0.15, -0.1) is 0 Å². The standard InChI is InChI=1S/C24H42N4O2/c1-7-30-22-10-8-21(9-11-22)24(12-16-29-17-13-24)18-27-23(25-6)26-14-15-28(19(2)3)20(4)5/h8-11,19-20H,7,12-18H2,1-6H3,(H2,25,26,27). The zero-order chi connectivity index (χ0) is 22.0. The third-order valence-corrected chi connectivity index (χ3v) is 6.03. The predicted molar refractivity (Wildman–Crippen MR) is 126 cm³/mol. The largest absolute Gasteiger partial charge is 0.494 e. The Kier molecular flexibility index (Phi) is 9.92. The highest BCUT2D eigenvalue weighted by Crippen LogP contribution is 2.35. The molecule has 170 valence electrons. The van der Waals surface area contributed by atoms with Gasteiger partial charge in [0.15, 0.2) is 5.96 Å². The predicted octanol–water partition coefficient (Wildman–Crippen LogP) is 3.42. The van der Waals surface area contributed by atoms with Crippen molar-refractivity contribution in [2.45, 2.75) is 65.0 Å². The Hall–Kier alpha value is -1.79. The van der Waals surface area contributed by atoms with Gasteiger partial charge in [0.25, 0.3) is 0 Å². The van der Waals surface area contributed by atoms with Crippen LogP contribution in [0.15, 0.2) is 29.3 Å². The number of rotatable bonds is 10. The van der Waals surface area contributed by atoms with Crippen molar-refractivity contribution in [1.29, 1.82) is 0 Å². The van der Waals surface area contributed by atoms with Crippen LogP contribution in [0, 0.1) is 0 Å². The number of aliphatic imine (C=N–C) groups is 1. The minimum atomic E-state index is 0.0442. The lowest BCUT2D eigenvalue weighted by Gasteiger charge is -2.38. The number of guanidine groups is 1. The maximum absolute atomic E-state index is 5.67. The Morgan fingerprint density at radius 3 is 2.27 bits per heavy atom. The Balaban J connectivity index is 1.98. The van der Waals surface area contributed by atoms with Crippen LogP contribution in [0.3, 0.4) is 0 Å². The molecular formula is C24H42N4O2. The van der Waals surface area contributed by atoms with E-state index < -0.39 is 0 Å². The van der Waals surface area contributed by atoms with Crippen LogP contribution in [0.2, 0.25) is 0 Å². The van der Waals surface area contributed by atoms with Gasteiger partial charge in [-0.1, -0.05) is 12.1 Å². The van der Waals surface area contributed by atoms with Crippen LogP contribution in [0.25, 0.3) is 0 Å². The van der Waals surface area contributed by atoms with Gasteiger partial charge in [0.1, 0.15) is 5.75 Å². The van der Waals surface area contributed by atoms with Crippen LogP contribution in [-0.2, 0) is 10.2 Å². The molecule has 0 spiro atoms. The molecule has 0 saturated carbocycles. The summed E-state index contributed by atoms with van der Waals surface area (Å²) >= 11 is 0. The molecular weight excluding hydrogens is 376 g/mol. The summed E-state index contributed by atoms with van der Waals surface area (Å²) in [5.41, 5.74) is 1.38. The second-order valence-corrected chi connectivity index (χ2v) is 8.63. The summed E-state index contributed by atoms with van der Waals surface area (Å²) in [5.74, 6) is 1.79. The molecule has 1 heterocycles. The number of nitrogens with one attached hydrogen (secondary N) is 2. The topological polar surface area (TPSA) is 58.1 Å². The van der Waals surface area contributed by atoms with Crippen LogP contribution in [0.5, 0.6) is 5.75 Å². The van der Waals surface area contributed by atoms with E-state index in [-0.39, 0.29) is 5.41 Å². The SMILES string of the molecule is CCOc1ccc(C2(CNC(=NC)NCCN(C(C)C)C(C)C)CCOCC2)cc1. The lowest BCUT2D eigenvalue weighted by atomic mass is 9.74. The smallest absolute Gasteiger partial charge is 0.191 e. The lowest BCUT2D eigenvalue weighted by molar-refractivity contribution is 0.0513. The maximum Gasteiger partial charge on any atom is 0.191 e. The van der Waals surface area contributed by atoms with Crippen molar-refractivity contribution in [2.24, 2.45) is 4.99 Å². The highest BCUT2D eigenvalue weighted by molar-refractivity contribution is 5.79. The van der Waals surface area contributed by atoms with E-state index in [4.69, 9.17) is 9.47 Å². The van der Waals surface area contributed by atoms with E-state index >= 15 is 0 Å². The summed E-state index contributed by atoms with van der Waals surface area (Å²) in [6.45, 7) is 16.0. The Labute approximate surface area is 183 Å². The molecule has 0 amide bonds. The van der Waals surface area contributed by atoms with Gasteiger partial charge in [0.2, 0.25) is 0 Å². The van der Waals surface area contributed by atoms with Gasteiger partial charge in [-0.2, -0.15) is 0 Å². The summed E-state index contributed by atoms with van der Waals surface area (Å²) < 4.78 is 11.3. The van der Waals surface area contributed by atoms with E-state index in [0.717, 1.165) is 57.4 Å². The van der Waals surface area contributed by atoms with Gasteiger partial charge in [0.05, 0.1) is 6.61 Å². The van der Waals surface area contributed by atoms with E-state index in [1.807, 2.05) is 14.0 Å². The molecule has 6 heteroatoms. The minimum Gasteiger partial charge on any atom is -0.494 e. The highest BCUT2D eigenvalue weighted by atomic mass is 16.5. The highest BCUT2D eigenvalue weighted by Gasteiger charge is 2.34. The Morgan fingerprint density at radius 2 is 1.73 bits per heavy atom. The van der Waals surface area contributed by atoms with Crippen LogP contribution in [0.1, 0.15) is 53.0 Å². The quantitative estimate of drug-likeness (QED) is 0.450. The number of benzene rings is 1. The molecule has 0 aliphatic carbocycles. The van der Waals surface area contributed by atoms with E-state index in [1.165, 1.54) is 5.56 Å². The first-order chi connectivity index (χ1) is 14.4. The number of nitrogens with zero attached hydrogens (tertiary/aromatic N) is 2. The van der Waals surface area contributed by atoms with Crippen molar-refractivity contribution in [2.75, 3.05) is 46.5 Å². The van der Waals surface area contributed by atoms with Crippen molar-refractivity contribution >= 4 is 5.96 Å². The molecule has 0 aromatic heterocycles. The summed E-state index contributed by atoms with van der Waals surface area (Å²) in [7, 11) is 1.84. The lowest BCUT2D eigenvalue weighted by Crippen LogP contribution is -2.49. The summed E-state index contributed by atoms with van der Waals surface area (Å²) in [6.07, 6.45) is 2.00. The fraction of sp³-hybridized carbons (Fsp3) is 0.708. The van der Waals surface area contributed by atoms with Crippen molar-refractivity contribution in [3.05, 3.63) is 29.8 Å². The van der Waals surface area contributed by atoms with Crippen LogP contribution >= 0.6 is 0 Å². The summed E-state index contributed by atoms with van der Waals surface area (Å²) in [5, 5.41) is 7.07. The van der Waals surface area contributed by atoms with Gasteiger partial charge < -0.3 is 20.1 Å². The first kappa shape index (κ1) is 24.5. The molecule has 6 nitrogen and oxygen atoms in total. The van der Waals surface area contributed by atoms with E-state index in [2.05, 4.69) is 72.5 Å². The Bertz CT molecular complexity index is 629. The summed E-state index contributed by atoms with van der Waals surface area (Å²) in [4.78, 5) is 6.93.